The summed E-state index contributed by atoms with van der Waals surface area (Å²) in [5, 5.41) is 1.47. The molecule has 0 saturated carbocycles. The van der Waals surface area contributed by atoms with E-state index in [1.807, 2.05) is 51.1 Å². The molecule has 1 aliphatic heterocycles. The Morgan fingerprint density at radius 2 is 1.75 bits per heavy atom. The molecule has 1 aromatic heterocycles. The maximum atomic E-state index is 14.6. The van der Waals surface area contributed by atoms with E-state index in [1.165, 1.54) is 10.4 Å². The van der Waals surface area contributed by atoms with Crippen molar-refractivity contribution in [1.29, 1.82) is 0 Å². The second-order valence-corrected chi connectivity index (χ2v) is 11.7. The van der Waals surface area contributed by atoms with Crippen molar-refractivity contribution in [1.82, 2.24) is 8.87 Å². The van der Waals surface area contributed by atoms with Gasteiger partial charge in [0.15, 0.2) is 0 Å². The Morgan fingerprint density at radius 1 is 0.972 bits per heavy atom. The van der Waals surface area contributed by atoms with Crippen LogP contribution in [0.2, 0.25) is 5.02 Å². The molecule has 0 amide bonds. The van der Waals surface area contributed by atoms with E-state index in [4.69, 9.17) is 11.6 Å². The predicted molar refractivity (Wildman–Crippen MR) is 144 cm³/mol. The molecule has 0 fully saturated rings. The zero-order chi connectivity index (χ0) is 25.6. The summed E-state index contributed by atoms with van der Waals surface area (Å²) in [7, 11) is -3.58. The van der Waals surface area contributed by atoms with Crippen LogP contribution in [0.1, 0.15) is 34.4 Å². The highest BCUT2D eigenvalue weighted by atomic mass is 35.5. The monoisotopic (exact) mass is 522 g/mol. The summed E-state index contributed by atoms with van der Waals surface area (Å²) in [4.78, 5) is 0.331. The van der Waals surface area contributed by atoms with Crippen molar-refractivity contribution in [3.8, 4) is 0 Å². The fraction of sp³-hybridized carbons (Fsp3) is 0.241. The van der Waals surface area contributed by atoms with E-state index in [0.29, 0.717) is 41.5 Å². The van der Waals surface area contributed by atoms with Gasteiger partial charge in [-0.1, -0.05) is 48.0 Å². The number of benzene rings is 3. The molecule has 3 aromatic carbocycles. The van der Waals surface area contributed by atoms with Crippen molar-refractivity contribution in [2.45, 2.75) is 38.6 Å². The third-order valence-electron chi connectivity index (χ3n) is 7.22. The van der Waals surface area contributed by atoms with E-state index in [1.54, 1.807) is 24.3 Å². The number of sulfonamides is 1. The second-order valence-electron chi connectivity index (χ2n) is 9.35. The Labute approximate surface area is 216 Å². The van der Waals surface area contributed by atoms with Gasteiger partial charge in [0.25, 0.3) is 0 Å². The third kappa shape index (κ3) is 4.27. The van der Waals surface area contributed by atoms with E-state index >= 15 is 0 Å². The molecular weight excluding hydrogens is 495 g/mol. The summed E-state index contributed by atoms with van der Waals surface area (Å²) >= 11 is 6.34. The van der Waals surface area contributed by atoms with Crippen molar-refractivity contribution in [2.24, 2.45) is 0 Å². The summed E-state index contributed by atoms with van der Waals surface area (Å²) in [6.07, 6.45) is 2.61. The van der Waals surface area contributed by atoms with Crippen molar-refractivity contribution < 1.29 is 12.8 Å². The number of aryl methyl sites for hydroxylation is 2. The molecule has 4 nitrogen and oxygen atoms in total. The lowest BCUT2D eigenvalue weighted by atomic mass is 9.97. The normalized spacial score (nSPS) is 14.9. The fourth-order valence-corrected chi connectivity index (χ4v) is 6.69. The fourth-order valence-electron chi connectivity index (χ4n) is 5.00. The predicted octanol–water partition coefficient (Wildman–Crippen LogP) is 6.89. The first-order valence-corrected chi connectivity index (χ1v) is 13.8. The molecule has 0 radical (unpaired) electrons. The SMILES string of the molecule is Cc1ccc(S(=O)(=O)N2CC=C(c3c(C)n(Cc4c(F)cccc4Cl)c4ccccc34)CC2)cc1C. The molecule has 2 heterocycles. The molecule has 0 unspecified atom stereocenters. The standard InChI is InChI=1S/C29H28ClFN2O2S/c1-19-11-12-23(17-20(19)2)36(34,35)32-15-13-22(14-16-32)29-21(3)33(28-10-5-4-7-24(28)29)18-25-26(30)8-6-9-27(25)31/h4-13,17H,14-16,18H2,1-3H3. The zero-order valence-corrected chi connectivity index (χ0v) is 22.1. The Kier molecular flexibility index (Phi) is 6.54. The van der Waals surface area contributed by atoms with E-state index in [2.05, 4.69) is 10.6 Å². The lowest BCUT2D eigenvalue weighted by molar-refractivity contribution is 0.441. The molecule has 0 spiro atoms. The number of hydrogen-bond donors (Lipinski definition) is 0. The van der Waals surface area contributed by atoms with Crippen molar-refractivity contribution >= 4 is 38.1 Å². The van der Waals surface area contributed by atoms with Crippen LogP contribution in [0.4, 0.5) is 4.39 Å². The average molecular weight is 523 g/mol. The summed E-state index contributed by atoms with van der Waals surface area (Å²) in [5.41, 5.74) is 6.68. The highest BCUT2D eigenvalue weighted by Crippen LogP contribution is 2.36. The number of nitrogens with zero attached hydrogens (tertiary/aromatic N) is 2. The van der Waals surface area contributed by atoms with E-state index in [0.717, 1.165) is 38.9 Å². The van der Waals surface area contributed by atoms with Crippen LogP contribution in [0.5, 0.6) is 0 Å². The topological polar surface area (TPSA) is 42.3 Å². The van der Waals surface area contributed by atoms with Crippen LogP contribution >= 0.6 is 11.6 Å². The van der Waals surface area contributed by atoms with Gasteiger partial charge in [-0.3, -0.25) is 0 Å². The number of aromatic nitrogens is 1. The van der Waals surface area contributed by atoms with Gasteiger partial charge in [0.05, 0.1) is 11.4 Å². The zero-order valence-electron chi connectivity index (χ0n) is 20.6. The number of fused-ring (bicyclic) bond motifs is 1. The first-order chi connectivity index (χ1) is 17.2. The quantitative estimate of drug-likeness (QED) is 0.286. The van der Waals surface area contributed by atoms with Gasteiger partial charge >= 0.3 is 0 Å². The van der Waals surface area contributed by atoms with Gasteiger partial charge < -0.3 is 4.57 Å². The lowest BCUT2D eigenvalue weighted by Gasteiger charge is -2.26. The van der Waals surface area contributed by atoms with Gasteiger partial charge in [0.1, 0.15) is 5.82 Å². The van der Waals surface area contributed by atoms with Crippen LogP contribution < -0.4 is 0 Å². The molecule has 0 saturated heterocycles. The highest BCUT2D eigenvalue weighted by Gasteiger charge is 2.28. The summed E-state index contributed by atoms with van der Waals surface area (Å²) in [6, 6.07) is 18.1. The van der Waals surface area contributed by atoms with Gasteiger partial charge in [0.2, 0.25) is 10.0 Å². The minimum atomic E-state index is -3.58. The van der Waals surface area contributed by atoms with Gasteiger partial charge in [-0.05, 0) is 74.2 Å². The van der Waals surface area contributed by atoms with Crippen LogP contribution in [0.15, 0.2) is 71.6 Å². The van der Waals surface area contributed by atoms with E-state index in [-0.39, 0.29) is 5.82 Å². The maximum Gasteiger partial charge on any atom is 0.243 e. The van der Waals surface area contributed by atoms with Crippen molar-refractivity contribution in [3.05, 3.63) is 106 Å². The number of hydrogen-bond acceptors (Lipinski definition) is 2. The minimum absolute atomic E-state index is 0.308. The van der Waals surface area contributed by atoms with Crippen LogP contribution in [-0.4, -0.2) is 30.4 Å². The average Bonchev–Trinajstić information content (AvgIpc) is 3.14. The maximum absolute atomic E-state index is 14.6. The van der Waals surface area contributed by atoms with Crippen LogP contribution in [0.3, 0.4) is 0 Å². The van der Waals surface area contributed by atoms with Crippen molar-refractivity contribution in [3.63, 3.8) is 0 Å². The van der Waals surface area contributed by atoms with Crippen LogP contribution in [0.25, 0.3) is 16.5 Å². The minimum Gasteiger partial charge on any atom is -0.340 e. The molecule has 4 aromatic rings. The van der Waals surface area contributed by atoms with Gasteiger partial charge in [-0.25, -0.2) is 12.8 Å². The summed E-state index contributed by atoms with van der Waals surface area (Å²) in [6.45, 7) is 6.96. The van der Waals surface area contributed by atoms with E-state index in [9.17, 15) is 12.8 Å². The first-order valence-electron chi connectivity index (χ1n) is 12.0. The van der Waals surface area contributed by atoms with Crippen molar-refractivity contribution in [2.75, 3.05) is 13.1 Å². The molecule has 7 heteroatoms. The van der Waals surface area contributed by atoms with Gasteiger partial charge in [0, 0.05) is 45.8 Å². The highest BCUT2D eigenvalue weighted by molar-refractivity contribution is 7.89. The van der Waals surface area contributed by atoms with E-state index < -0.39 is 10.0 Å². The number of rotatable bonds is 5. The molecule has 186 valence electrons. The Morgan fingerprint density at radius 3 is 2.44 bits per heavy atom. The molecule has 0 bridgehead atoms. The third-order valence-corrected chi connectivity index (χ3v) is 9.43. The molecule has 0 aliphatic carbocycles. The molecular formula is C29H28ClFN2O2S. The Hall–Kier alpha value is -2.93. The Balaban J connectivity index is 1.51. The van der Waals surface area contributed by atoms with Crippen LogP contribution in [-0.2, 0) is 16.6 Å². The number of para-hydroxylation sites is 1. The second kappa shape index (κ2) is 9.51. The molecule has 36 heavy (non-hydrogen) atoms. The molecule has 0 N–H and O–H groups in total. The lowest BCUT2D eigenvalue weighted by Crippen LogP contribution is -2.34. The van der Waals surface area contributed by atoms with Gasteiger partial charge in [-0.15, -0.1) is 0 Å². The number of halogens is 2. The molecule has 5 rings (SSSR count). The molecule has 1 aliphatic rings. The van der Waals surface area contributed by atoms with Crippen LogP contribution in [0, 0.1) is 26.6 Å². The summed E-state index contributed by atoms with van der Waals surface area (Å²) in [5.74, 6) is -0.328. The molecule has 0 atom stereocenters. The Bertz CT molecular complexity index is 1600. The largest absolute Gasteiger partial charge is 0.340 e. The smallest absolute Gasteiger partial charge is 0.243 e. The van der Waals surface area contributed by atoms with Gasteiger partial charge in [-0.2, -0.15) is 4.31 Å². The first kappa shape index (κ1) is 24.8. The summed E-state index contributed by atoms with van der Waals surface area (Å²) < 4.78 is 44.8.